The summed E-state index contributed by atoms with van der Waals surface area (Å²) in [6, 6.07) is 7.45. The predicted molar refractivity (Wildman–Crippen MR) is 88.8 cm³/mol. The van der Waals surface area contributed by atoms with E-state index in [1.54, 1.807) is 7.11 Å². The highest BCUT2D eigenvalue weighted by atomic mass is 16.6. The lowest BCUT2D eigenvalue weighted by atomic mass is 10.1. The fraction of sp³-hybridized carbons (Fsp3) is 0.556. The highest BCUT2D eigenvalue weighted by Gasteiger charge is 2.38. The van der Waals surface area contributed by atoms with Crippen LogP contribution in [-0.2, 0) is 20.7 Å². The molecule has 24 heavy (non-hydrogen) atoms. The second-order valence-electron chi connectivity index (χ2n) is 6.44. The van der Waals surface area contributed by atoms with E-state index in [1.165, 1.54) is 0 Å². The Morgan fingerprint density at radius 3 is 2.67 bits per heavy atom. The van der Waals surface area contributed by atoms with Gasteiger partial charge in [0.05, 0.1) is 13.5 Å². The Morgan fingerprint density at radius 1 is 1.29 bits per heavy atom. The molecule has 0 aromatic heterocycles. The van der Waals surface area contributed by atoms with Crippen LogP contribution in [0, 0.1) is 0 Å². The molecule has 2 aliphatic rings. The Hall–Kier alpha value is -2.08. The van der Waals surface area contributed by atoms with Gasteiger partial charge in [0.1, 0.15) is 17.9 Å². The smallest absolute Gasteiger partial charge is 0.323 e. The number of benzene rings is 1. The zero-order valence-electron chi connectivity index (χ0n) is 14.2. The van der Waals surface area contributed by atoms with E-state index >= 15 is 0 Å². The largest absolute Gasteiger partial charge is 0.497 e. The first-order valence-corrected chi connectivity index (χ1v) is 8.42. The van der Waals surface area contributed by atoms with Crippen LogP contribution >= 0.6 is 0 Å². The van der Waals surface area contributed by atoms with Gasteiger partial charge in [-0.3, -0.25) is 14.5 Å². The van der Waals surface area contributed by atoms with Crippen LogP contribution in [0.1, 0.15) is 18.9 Å². The van der Waals surface area contributed by atoms with Gasteiger partial charge in [0.15, 0.2) is 0 Å². The highest BCUT2D eigenvalue weighted by molar-refractivity contribution is 5.79. The molecule has 0 radical (unpaired) electrons. The van der Waals surface area contributed by atoms with Gasteiger partial charge < -0.3 is 14.4 Å². The summed E-state index contributed by atoms with van der Waals surface area (Å²) in [5.41, 5.74) is 0.954. The Balaban J connectivity index is 1.52. The standard InChI is InChI=1S/C18H24N2O4/c1-13-10-16(18(22)24-13)19-6-8-20(9-7-19)17(21)12-14-4-3-5-15(11-14)23-2/h3-5,11,13,16H,6-10,12H2,1-2H3/t13-,16+/m0/s1. The lowest BCUT2D eigenvalue weighted by Gasteiger charge is -2.36. The van der Waals surface area contributed by atoms with Crippen LogP contribution in [-0.4, -0.2) is 67.1 Å². The Labute approximate surface area is 142 Å². The van der Waals surface area contributed by atoms with E-state index in [1.807, 2.05) is 36.1 Å². The predicted octanol–water partition coefficient (Wildman–Crippen LogP) is 1.09. The maximum Gasteiger partial charge on any atom is 0.323 e. The van der Waals surface area contributed by atoms with E-state index in [2.05, 4.69) is 4.90 Å². The molecule has 1 aromatic rings. The van der Waals surface area contributed by atoms with Crippen LogP contribution in [0.3, 0.4) is 0 Å². The average molecular weight is 332 g/mol. The molecular weight excluding hydrogens is 308 g/mol. The molecule has 2 heterocycles. The maximum atomic E-state index is 12.5. The quantitative estimate of drug-likeness (QED) is 0.773. The number of hydrogen-bond donors (Lipinski definition) is 0. The monoisotopic (exact) mass is 332 g/mol. The Bertz CT molecular complexity index is 611. The van der Waals surface area contributed by atoms with Crippen molar-refractivity contribution in [3.8, 4) is 5.75 Å². The van der Waals surface area contributed by atoms with E-state index < -0.39 is 0 Å². The van der Waals surface area contributed by atoms with Crippen molar-refractivity contribution in [3.05, 3.63) is 29.8 Å². The van der Waals surface area contributed by atoms with Gasteiger partial charge in [0, 0.05) is 32.6 Å². The molecule has 2 fully saturated rings. The van der Waals surface area contributed by atoms with Crippen LogP contribution < -0.4 is 4.74 Å². The van der Waals surface area contributed by atoms with Gasteiger partial charge in [-0.2, -0.15) is 0 Å². The fourth-order valence-corrected chi connectivity index (χ4v) is 3.39. The van der Waals surface area contributed by atoms with Gasteiger partial charge in [-0.1, -0.05) is 12.1 Å². The number of carbonyl (C=O) groups excluding carboxylic acids is 2. The molecule has 2 saturated heterocycles. The number of amides is 1. The summed E-state index contributed by atoms with van der Waals surface area (Å²) in [7, 11) is 1.62. The molecule has 0 aliphatic carbocycles. The van der Waals surface area contributed by atoms with Crippen LogP contribution in [0.4, 0.5) is 0 Å². The van der Waals surface area contributed by atoms with Crippen molar-refractivity contribution in [1.29, 1.82) is 0 Å². The van der Waals surface area contributed by atoms with Crippen molar-refractivity contribution >= 4 is 11.9 Å². The molecule has 6 nitrogen and oxygen atoms in total. The zero-order valence-corrected chi connectivity index (χ0v) is 14.2. The van der Waals surface area contributed by atoms with Crippen LogP contribution in [0.2, 0.25) is 0 Å². The topological polar surface area (TPSA) is 59.1 Å². The number of cyclic esters (lactones) is 1. The van der Waals surface area contributed by atoms with Crippen LogP contribution in [0.5, 0.6) is 5.75 Å². The highest BCUT2D eigenvalue weighted by Crippen LogP contribution is 2.21. The van der Waals surface area contributed by atoms with Crippen LogP contribution in [0.15, 0.2) is 24.3 Å². The van der Waals surface area contributed by atoms with Crippen molar-refractivity contribution in [2.75, 3.05) is 33.3 Å². The first kappa shape index (κ1) is 16.8. The minimum absolute atomic E-state index is 0.00442. The number of methoxy groups -OCH3 is 1. The lowest BCUT2D eigenvalue weighted by Crippen LogP contribution is -2.53. The van der Waals surface area contributed by atoms with Gasteiger partial charge in [0.2, 0.25) is 5.91 Å². The van der Waals surface area contributed by atoms with Crippen molar-refractivity contribution in [3.63, 3.8) is 0 Å². The number of rotatable bonds is 4. The van der Waals surface area contributed by atoms with E-state index in [9.17, 15) is 9.59 Å². The van der Waals surface area contributed by atoms with Gasteiger partial charge in [-0.15, -0.1) is 0 Å². The molecule has 0 bridgehead atoms. The molecule has 6 heteroatoms. The summed E-state index contributed by atoms with van der Waals surface area (Å²) < 4.78 is 10.4. The van der Waals surface area contributed by atoms with Crippen molar-refractivity contribution in [2.45, 2.75) is 31.9 Å². The van der Waals surface area contributed by atoms with Gasteiger partial charge >= 0.3 is 5.97 Å². The van der Waals surface area contributed by atoms with Gasteiger partial charge in [0.25, 0.3) is 0 Å². The molecule has 0 unspecified atom stereocenters. The number of hydrogen-bond acceptors (Lipinski definition) is 5. The SMILES string of the molecule is COc1cccc(CC(=O)N2CCN([C@@H]3C[C@H](C)OC3=O)CC2)c1. The third-order valence-electron chi connectivity index (χ3n) is 4.74. The molecule has 130 valence electrons. The summed E-state index contributed by atoms with van der Waals surface area (Å²) in [5.74, 6) is 0.753. The van der Waals surface area contributed by atoms with E-state index in [0.717, 1.165) is 30.8 Å². The molecule has 1 aromatic carbocycles. The number of carbonyl (C=O) groups is 2. The third-order valence-corrected chi connectivity index (χ3v) is 4.74. The summed E-state index contributed by atoms with van der Waals surface area (Å²) in [6.45, 7) is 4.67. The average Bonchev–Trinajstić information content (AvgIpc) is 2.93. The van der Waals surface area contributed by atoms with Gasteiger partial charge in [-0.05, 0) is 24.6 Å². The normalized spacial score (nSPS) is 24.8. The molecule has 0 spiro atoms. The first-order valence-electron chi connectivity index (χ1n) is 8.42. The van der Waals surface area contributed by atoms with Crippen molar-refractivity contribution in [1.82, 2.24) is 9.80 Å². The Morgan fingerprint density at radius 2 is 2.04 bits per heavy atom. The minimum Gasteiger partial charge on any atom is -0.497 e. The summed E-state index contributed by atoms with van der Waals surface area (Å²) in [4.78, 5) is 28.3. The number of nitrogens with zero attached hydrogens (tertiary/aromatic N) is 2. The van der Waals surface area contributed by atoms with E-state index in [-0.39, 0.29) is 24.0 Å². The molecule has 1 amide bonds. The van der Waals surface area contributed by atoms with E-state index in [4.69, 9.17) is 9.47 Å². The summed E-state index contributed by atoms with van der Waals surface area (Å²) in [6.07, 6.45) is 1.12. The zero-order chi connectivity index (χ0) is 17.1. The summed E-state index contributed by atoms with van der Waals surface area (Å²) >= 11 is 0. The maximum absolute atomic E-state index is 12.5. The lowest BCUT2D eigenvalue weighted by molar-refractivity contribution is -0.145. The molecule has 2 aliphatic heterocycles. The second kappa shape index (κ2) is 7.21. The van der Waals surface area contributed by atoms with E-state index in [0.29, 0.717) is 19.5 Å². The van der Waals surface area contributed by atoms with Gasteiger partial charge in [-0.25, -0.2) is 0 Å². The molecular formula is C18H24N2O4. The molecule has 0 saturated carbocycles. The Kier molecular flexibility index (Phi) is 5.04. The van der Waals surface area contributed by atoms with Crippen molar-refractivity contribution < 1.29 is 19.1 Å². The third kappa shape index (κ3) is 3.70. The second-order valence-corrected chi connectivity index (χ2v) is 6.44. The summed E-state index contributed by atoms with van der Waals surface area (Å²) in [5, 5.41) is 0. The number of esters is 1. The minimum atomic E-state index is -0.143. The number of ether oxygens (including phenoxy) is 2. The number of piperazine rings is 1. The first-order chi connectivity index (χ1) is 11.6. The molecule has 0 N–H and O–H groups in total. The fourth-order valence-electron chi connectivity index (χ4n) is 3.39. The van der Waals surface area contributed by atoms with Crippen LogP contribution in [0.25, 0.3) is 0 Å². The van der Waals surface area contributed by atoms with Crippen molar-refractivity contribution in [2.24, 2.45) is 0 Å². The molecule has 3 rings (SSSR count). The molecule has 2 atom stereocenters.